The number of pyridine rings is 1. The Balaban J connectivity index is 1.84. The lowest BCUT2D eigenvalue weighted by Crippen LogP contribution is -2.33. The van der Waals surface area contributed by atoms with Gasteiger partial charge >= 0.3 is 6.09 Å². The molecule has 12 nitrogen and oxygen atoms in total. The fourth-order valence-electron chi connectivity index (χ4n) is 4.35. The van der Waals surface area contributed by atoms with Gasteiger partial charge in [0, 0.05) is 41.9 Å². The van der Waals surface area contributed by atoms with Gasteiger partial charge in [-0.2, -0.15) is 5.26 Å². The van der Waals surface area contributed by atoms with Crippen molar-refractivity contribution in [3.05, 3.63) is 94.5 Å². The standard InChI is InChI=1S/C32H28ClN5O7/c1-43-18-45-28-15-21(33)10-11-22(28)26-16-24(19-6-5-7-20(14-19)30(39)35-12-13-36-32(41)42)25(17-34)29(37-26)38-31(40)23-8-3-4-9-27(23)44-2/h3-11,14-16,36H,12-13,18H2,1-2H3,(H,35,39)(H,41,42)(H,37,38,40). The van der Waals surface area contributed by atoms with E-state index in [0.29, 0.717) is 38.9 Å². The molecular weight excluding hydrogens is 602 g/mol. The van der Waals surface area contributed by atoms with Gasteiger partial charge in [-0.1, -0.05) is 35.9 Å². The van der Waals surface area contributed by atoms with E-state index >= 15 is 0 Å². The van der Waals surface area contributed by atoms with Crippen LogP contribution in [-0.4, -0.2) is 62.1 Å². The van der Waals surface area contributed by atoms with Gasteiger partial charge in [0.1, 0.15) is 23.1 Å². The van der Waals surface area contributed by atoms with Crippen LogP contribution in [0.15, 0.2) is 72.8 Å². The van der Waals surface area contributed by atoms with E-state index in [1.165, 1.54) is 14.2 Å². The molecule has 1 aromatic heterocycles. The first-order valence-electron chi connectivity index (χ1n) is 13.4. The zero-order valence-electron chi connectivity index (χ0n) is 24.2. The fourth-order valence-corrected chi connectivity index (χ4v) is 4.51. The van der Waals surface area contributed by atoms with Crippen LogP contribution in [0.3, 0.4) is 0 Å². The number of carbonyl (C=O) groups is 3. The molecule has 0 spiro atoms. The minimum atomic E-state index is -1.20. The molecule has 0 bridgehead atoms. The number of anilines is 1. The zero-order chi connectivity index (χ0) is 32.3. The van der Waals surface area contributed by atoms with E-state index in [1.54, 1.807) is 72.8 Å². The lowest BCUT2D eigenvalue weighted by atomic mass is 9.96. The van der Waals surface area contributed by atoms with Crippen molar-refractivity contribution in [3.63, 3.8) is 0 Å². The molecule has 0 unspecified atom stereocenters. The van der Waals surface area contributed by atoms with Crippen molar-refractivity contribution in [2.75, 3.05) is 39.4 Å². The topological polar surface area (TPSA) is 172 Å². The highest BCUT2D eigenvalue weighted by atomic mass is 35.5. The molecule has 0 aliphatic heterocycles. The summed E-state index contributed by atoms with van der Waals surface area (Å²) in [7, 11) is 2.91. The number of amides is 3. The first-order valence-corrected chi connectivity index (χ1v) is 13.8. The summed E-state index contributed by atoms with van der Waals surface area (Å²) in [5.41, 5.74) is 2.20. The van der Waals surface area contributed by atoms with Gasteiger partial charge in [-0.3, -0.25) is 9.59 Å². The number of aromatic nitrogens is 1. The van der Waals surface area contributed by atoms with Crippen molar-refractivity contribution in [1.82, 2.24) is 15.6 Å². The van der Waals surface area contributed by atoms with Gasteiger partial charge in [0.25, 0.3) is 11.8 Å². The lowest BCUT2D eigenvalue weighted by Gasteiger charge is -2.17. The van der Waals surface area contributed by atoms with Crippen molar-refractivity contribution >= 4 is 35.3 Å². The second-order valence-electron chi connectivity index (χ2n) is 9.30. The van der Waals surface area contributed by atoms with E-state index in [2.05, 4.69) is 27.0 Å². The molecule has 3 aromatic carbocycles. The van der Waals surface area contributed by atoms with Crippen LogP contribution in [0.4, 0.5) is 10.6 Å². The number of hydrogen-bond acceptors (Lipinski definition) is 8. The molecule has 4 aromatic rings. The molecule has 230 valence electrons. The predicted molar refractivity (Wildman–Crippen MR) is 167 cm³/mol. The number of hydrogen-bond donors (Lipinski definition) is 4. The van der Waals surface area contributed by atoms with E-state index in [-0.39, 0.29) is 42.4 Å². The number of carboxylic acid groups (broad SMARTS) is 1. The Morgan fingerprint density at radius 1 is 0.911 bits per heavy atom. The number of carbonyl (C=O) groups excluding carboxylic acids is 2. The molecule has 0 aliphatic carbocycles. The van der Waals surface area contributed by atoms with E-state index in [4.69, 9.17) is 30.9 Å². The van der Waals surface area contributed by atoms with Crippen LogP contribution in [-0.2, 0) is 4.74 Å². The molecule has 0 saturated heterocycles. The molecule has 3 amide bonds. The molecule has 4 N–H and O–H groups in total. The van der Waals surface area contributed by atoms with Crippen LogP contribution in [0.2, 0.25) is 5.02 Å². The quantitative estimate of drug-likeness (QED) is 0.122. The molecule has 0 saturated carbocycles. The maximum Gasteiger partial charge on any atom is 0.404 e. The molecule has 45 heavy (non-hydrogen) atoms. The first kappa shape index (κ1) is 32.3. The second kappa shape index (κ2) is 15.2. The number of rotatable bonds is 12. The number of para-hydroxylation sites is 1. The number of ether oxygens (including phenoxy) is 3. The highest BCUT2D eigenvalue weighted by Gasteiger charge is 2.22. The Hall–Kier alpha value is -5.64. The van der Waals surface area contributed by atoms with Crippen molar-refractivity contribution in [2.45, 2.75) is 0 Å². The predicted octanol–water partition coefficient (Wildman–Crippen LogP) is 5.18. The van der Waals surface area contributed by atoms with E-state index in [0.717, 1.165) is 0 Å². The Labute approximate surface area is 263 Å². The summed E-state index contributed by atoms with van der Waals surface area (Å²) in [6.07, 6.45) is -1.20. The van der Waals surface area contributed by atoms with E-state index in [1.807, 2.05) is 0 Å². The fraction of sp³-hybridized carbons (Fsp3) is 0.156. The molecule has 0 fully saturated rings. The third kappa shape index (κ3) is 8.05. The van der Waals surface area contributed by atoms with Crippen LogP contribution in [0, 0.1) is 11.3 Å². The SMILES string of the molecule is COCOc1cc(Cl)ccc1-c1cc(-c2cccc(C(=O)NCCNC(=O)O)c2)c(C#N)c(NC(=O)c2ccccc2OC)n1. The minimum Gasteiger partial charge on any atom is -0.496 e. The van der Waals surface area contributed by atoms with Crippen LogP contribution in [0.5, 0.6) is 11.5 Å². The van der Waals surface area contributed by atoms with Crippen LogP contribution in [0.1, 0.15) is 26.3 Å². The third-order valence-corrected chi connectivity index (χ3v) is 6.62. The summed E-state index contributed by atoms with van der Waals surface area (Å²) in [4.78, 5) is 41.6. The number of nitrogens with one attached hydrogen (secondary N) is 3. The number of halogens is 1. The van der Waals surface area contributed by atoms with Gasteiger partial charge in [-0.25, -0.2) is 9.78 Å². The summed E-state index contributed by atoms with van der Waals surface area (Å²) in [5, 5.41) is 27.0. The summed E-state index contributed by atoms with van der Waals surface area (Å²) in [5.74, 6) is -0.375. The molecular formula is C32H28ClN5O7. The largest absolute Gasteiger partial charge is 0.496 e. The van der Waals surface area contributed by atoms with Gasteiger partial charge in [0.15, 0.2) is 12.6 Å². The van der Waals surface area contributed by atoms with Gasteiger partial charge < -0.3 is 35.3 Å². The maximum absolute atomic E-state index is 13.4. The monoisotopic (exact) mass is 629 g/mol. The highest BCUT2D eigenvalue weighted by Crippen LogP contribution is 2.37. The summed E-state index contributed by atoms with van der Waals surface area (Å²) >= 11 is 6.24. The Morgan fingerprint density at radius 3 is 2.42 bits per heavy atom. The van der Waals surface area contributed by atoms with Gasteiger partial charge in [-0.05, 0) is 54.1 Å². The second-order valence-corrected chi connectivity index (χ2v) is 9.74. The number of nitriles is 1. The highest BCUT2D eigenvalue weighted by molar-refractivity contribution is 6.30. The minimum absolute atomic E-state index is 0.0247. The Bertz CT molecular complexity index is 1770. The van der Waals surface area contributed by atoms with Crippen molar-refractivity contribution < 1.29 is 33.7 Å². The lowest BCUT2D eigenvalue weighted by molar-refractivity contribution is 0.0515. The number of benzene rings is 3. The first-order chi connectivity index (χ1) is 21.7. The zero-order valence-corrected chi connectivity index (χ0v) is 25.0. The van der Waals surface area contributed by atoms with Crippen molar-refractivity contribution in [3.8, 4) is 40.0 Å². The Kier molecular flexibility index (Phi) is 10.9. The van der Waals surface area contributed by atoms with Crippen molar-refractivity contribution in [1.29, 1.82) is 5.26 Å². The van der Waals surface area contributed by atoms with E-state index < -0.39 is 17.9 Å². The summed E-state index contributed by atoms with van der Waals surface area (Å²) in [6.45, 7) is 0.0159. The van der Waals surface area contributed by atoms with Crippen molar-refractivity contribution in [2.24, 2.45) is 0 Å². The van der Waals surface area contributed by atoms with Gasteiger partial charge in [-0.15, -0.1) is 0 Å². The number of nitrogens with zero attached hydrogens (tertiary/aromatic N) is 2. The normalized spacial score (nSPS) is 10.4. The Morgan fingerprint density at radius 2 is 1.69 bits per heavy atom. The maximum atomic E-state index is 13.4. The van der Waals surface area contributed by atoms with E-state index in [9.17, 15) is 19.6 Å². The molecule has 0 radical (unpaired) electrons. The molecule has 1 heterocycles. The van der Waals surface area contributed by atoms with Crippen LogP contribution in [0.25, 0.3) is 22.4 Å². The average Bonchev–Trinajstić information content (AvgIpc) is 3.05. The third-order valence-electron chi connectivity index (χ3n) is 6.39. The van der Waals surface area contributed by atoms with Gasteiger partial charge in [0.05, 0.1) is 18.4 Å². The number of methoxy groups -OCH3 is 2. The van der Waals surface area contributed by atoms with Crippen LogP contribution < -0.4 is 25.4 Å². The summed E-state index contributed by atoms with van der Waals surface area (Å²) in [6, 6.07) is 21.8. The summed E-state index contributed by atoms with van der Waals surface area (Å²) < 4.78 is 16.1. The van der Waals surface area contributed by atoms with Gasteiger partial charge in [0.2, 0.25) is 0 Å². The van der Waals surface area contributed by atoms with Crippen LogP contribution >= 0.6 is 11.6 Å². The molecule has 0 atom stereocenters. The smallest absolute Gasteiger partial charge is 0.404 e. The molecule has 4 rings (SSSR count). The molecule has 13 heteroatoms. The molecule has 0 aliphatic rings. The average molecular weight is 630 g/mol.